The maximum Gasteiger partial charge on any atom is 0.126 e. The van der Waals surface area contributed by atoms with Gasteiger partial charge in [-0.3, -0.25) is 0 Å². The lowest BCUT2D eigenvalue weighted by Crippen LogP contribution is -1.95. The highest BCUT2D eigenvalue weighted by molar-refractivity contribution is 5.61. The summed E-state index contributed by atoms with van der Waals surface area (Å²) in [6.45, 7) is 1.88. The summed E-state index contributed by atoms with van der Waals surface area (Å²) in [5.41, 5.74) is 1.66. The second kappa shape index (κ2) is 5.41. The minimum absolute atomic E-state index is 0.0599. The summed E-state index contributed by atoms with van der Waals surface area (Å²) in [4.78, 5) is 0. The van der Waals surface area contributed by atoms with Crippen LogP contribution in [0.5, 0.6) is 11.5 Å². The Morgan fingerprint density at radius 1 is 1.20 bits per heavy atom. The fourth-order valence-corrected chi connectivity index (χ4v) is 1.42. The molecule has 0 unspecified atom stereocenters. The number of methoxy groups -OCH3 is 2. The van der Waals surface area contributed by atoms with E-state index in [1.807, 2.05) is 25.1 Å². The molecule has 0 amide bonds. The Balaban J connectivity index is 3.27. The second-order valence-corrected chi connectivity index (χ2v) is 3.06. The van der Waals surface area contributed by atoms with E-state index in [0.717, 1.165) is 16.9 Å². The van der Waals surface area contributed by atoms with Crippen LogP contribution < -0.4 is 9.47 Å². The molecule has 0 fully saturated rings. The van der Waals surface area contributed by atoms with E-state index in [2.05, 4.69) is 0 Å². The van der Waals surface area contributed by atoms with Crippen LogP contribution in [0.1, 0.15) is 18.1 Å². The molecule has 0 aromatic heterocycles. The Morgan fingerprint density at radius 2 is 1.87 bits per heavy atom. The number of rotatable bonds is 4. The molecule has 1 aromatic carbocycles. The maximum atomic E-state index is 9.14. The molecule has 15 heavy (non-hydrogen) atoms. The molecule has 0 aliphatic heterocycles. The van der Waals surface area contributed by atoms with E-state index in [1.54, 1.807) is 20.3 Å². The topological polar surface area (TPSA) is 38.7 Å². The molecule has 0 atom stereocenters. The first-order valence-electron chi connectivity index (χ1n) is 4.75. The van der Waals surface area contributed by atoms with Gasteiger partial charge in [0.2, 0.25) is 0 Å². The molecule has 3 nitrogen and oxygen atoms in total. The van der Waals surface area contributed by atoms with E-state index < -0.39 is 0 Å². The van der Waals surface area contributed by atoms with Crippen molar-refractivity contribution in [3.8, 4) is 11.5 Å². The molecule has 0 aliphatic rings. The van der Waals surface area contributed by atoms with Gasteiger partial charge in [-0.2, -0.15) is 0 Å². The highest BCUT2D eigenvalue weighted by atomic mass is 16.5. The smallest absolute Gasteiger partial charge is 0.126 e. The third-order valence-corrected chi connectivity index (χ3v) is 2.15. The van der Waals surface area contributed by atoms with Crippen molar-refractivity contribution in [1.29, 1.82) is 0 Å². The van der Waals surface area contributed by atoms with E-state index in [4.69, 9.17) is 14.6 Å². The molecule has 0 saturated heterocycles. The van der Waals surface area contributed by atoms with E-state index in [1.165, 1.54) is 0 Å². The van der Waals surface area contributed by atoms with Gasteiger partial charge in [0.15, 0.2) is 0 Å². The molecule has 82 valence electrons. The summed E-state index contributed by atoms with van der Waals surface area (Å²) >= 11 is 0. The van der Waals surface area contributed by atoms with Crippen molar-refractivity contribution < 1.29 is 14.6 Å². The number of aliphatic hydroxyl groups excluding tert-OH is 1. The van der Waals surface area contributed by atoms with Gasteiger partial charge in [-0.15, -0.1) is 0 Å². The molecule has 1 aromatic rings. The summed E-state index contributed by atoms with van der Waals surface area (Å²) in [6, 6.07) is 3.64. The molecule has 0 aliphatic carbocycles. The standard InChI is InChI=1S/C12H16O3/c1-4-5-9-6-12(15-3)10(8-13)7-11(9)14-2/h4-7,13H,8H2,1-3H3/b5-4+. The van der Waals surface area contributed by atoms with Crippen molar-refractivity contribution in [2.45, 2.75) is 13.5 Å². The molecule has 1 N–H and O–H groups in total. The molecular weight excluding hydrogens is 192 g/mol. The molecule has 1 rings (SSSR count). The van der Waals surface area contributed by atoms with E-state index in [0.29, 0.717) is 5.75 Å². The SMILES string of the molecule is C/C=C/c1cc(OC)c(CO)cc1OC. The third kappa shape index (κ3) is 2.50. The minimum Gasteiger partial charge on any atom is -0.496 e. The summed E-state index contributed by atoms with van der Waals surface area (Å²) in [5, 5.41) is 9.14. The van der Waals surface area contributed by atoms with E-state index in [9.17, 15) is 0 Å². The zero-order chi connectivity index (χ0) is 11.3. The lowest BCUT2D eigenvalue weighted by molar-refractivity contribution is 0.272. The van der Waals surface area contributed by atoms with Crippen molar-refractivity contribution in [1.82, 2.24) is 0 Å². The highest BCUT2D eigenvalue weighted by Crippen LogP contribution is 2.29. The van der Waals surface area contributed by atoms with Gasteiger partial charge in [-0.05, 0) is 19.1 Å². The molecule has 0 heterocycles. The molecule has 0 radical (unpaired) electrons. The summed E-state index contributed by atoms with van der Waals surface area (Å²) < 4.78 is 10.4. The van der Waals surface area contributed by atoms with E-state index in [-0.39, 0.29) is 6.61 Å². The van der Waals surface area contributed by atoms with Gasteiger partial charge in [0.1, 0.15) is 11.5 Å². The maximum absolute atomic E-state index is 9.14. The monoisotopic (exact) mass is 208 g/mol. The van der Waals surface area contributed by atoms with Crippen LogP contribution in [-0.2, 0) is 6.61 Å². The van der Waals surface area contributed by atoms with Crippen LogP contribution in [0.25, 0.3) is 6.08 Å². The third-order valence-electron chi connectivity index (χ3n) is 2.15. The molecule has 0 spiro atoms. The number of ether oxygens (including phenoxy) is 2. The Hall–Kier alpha value is -1.48. The van der Waals surface area contributed by atoms with Crippen LogP contribution in [0.15, 0.2) is 18.2 Å². The molecular formula is C12H16O3. The van der Waals surface area contributed by atoms with Crippen LogP contribution >= 0.6 is 0 Å². The predicted octanol–water partition coefficient (Wildman–Crippen LogP) is 2.23. The van der Waals surface area contributed by atoms with Crippen LogP contribution in [0.3, 0.4) is 0 Å². The van der Waals surface area contributed by atoms with Crippen LogP contribution in [0, 0.1) is 0 Å². The largest absolute Gasteiger partial charge is 0.496 e. The van der Waals surface area contributed by atoms with Crippen molar-refractivity contribution in [3.05, 3.63) is 29.3 Å². The number of aliphatic hydroxyl groups is 1. The van der Waals surface area contributed by atoms with Gasteiger partial charge in [0, 0.05) is 11.1 Å². The fourth-order valence-electron chi connectivity index (χ4n) is 1.42. The number of hydrogen-bond donors (Lipinski definition) is 1. The first-order valence-corrected chi connectivity index (χ1v) is 4.75. The van der Waals surface area contributed by atoms with Gasteiger partial charge in [-0.25, -0.2) is 0 Å². The average Bonchev–Trinajstić information content (AvgIpc) is 2.28. The van der Waals surface area contributed by atoms with Gasteiger partial charge >= 0.3 is 0 Å². The van der Waals surface area contributed by atoms with Crippen LogP contribution in [-0.4, -0.2) is 19.3 Å². The first-order chi connectivity index (χ1) is 7.26. The number of benzene rings is 1. The van der Waals surface area contributed by atoms with Gasteiger partial charge in [0.05, 0.1) is 20.8 Å². The quantitative estimate of drug-likeness (QED) is 0.824. The Labute approximate surface area is 90.0 Å². The van der Waals surface area contributed by atoms with Crippen LogP contribution in [0.4, 0.5) is 0 Å². The first kappa shape index (κ1) is 11.6. The normalized spacial score (nSPS) is 10.7. The molecule has 3 heteroatoms. The zero-order valence-electron chi connectivity index (χ0n) is 9.28. The Morgan fingerprint density at radius 3 is 2.33 bits per heavy atom. The van der Waals surface area contributed by atoms with Gasteiger partial charge in [0.25, 0.3) is 0 Å². The molecule has 0 bridgehead atoms. The summed E-state index contributed by atoms with van der Waals surface area (Å²) in [6.07, 6.45) is 3.86. The number of allylic oxidation sites excluding steroid dienone is 1. The second-order valence-electron chi connectivity index (χ2n) is 3.06. The average molecular weight is 208 g/mol. The van der Waals surface area contributed by atoms with Crippen molar-refractivity contribution in [2.24, 2.45) is 0 Å². The predicted molar refractivity (Wildman–Crippen MR) is 60.2 cm³/mol. The lowest BCUT2D eigenvalue weighted by atomic mass is 10.1. The van der Waals surface area contributed by atoms with Crippen LogP contribution in [0.2, 0.25) is 0 Å². The van der Waals surface area contributed by atoms with Crippen molar-refractivity contribution >= 4 is 6.08 Å². The number of hydrogen-bond acceptors (Lipinski definition) is 3. The van der Waals surface area contributed by atoms with E-state index >= 15 is 0 Å². The van der Waals surface area contributed by atoms with Gasteiger partial charge in [-0.1, -0.05) is 12.2 Å². The van der Waals surface area contributed by atoms with Crippen molar-refractivity contribution in [2.75, 3.05) is 14.2 Å². The zero-order valence-corrected chi connectivity index (χ0v) is 9.28. The Bertz CT molecular complexity index is 356. The lowest BCUT2D eigenvalue weighted by Gasteiger charge is -2.11. The van der Waals surface area contributed by atoms with Gasteiger partial charge < -0.3 is 14.6 Å². The summed E-state index contributed by atoms with van der Waals surface area (Å²) in [5.74, 6) is 1.41. The fraction of sp³-hybridized carbons (Fsp3) is 0.333. The summed E-state index contributed by atoms with van der Waals surface area (Å²) in [7, 11) is 3.19. The minimum atomic E-state index is -0.0599. The Kier molecular flexibility index (Phi) is 4.18. The molecule has 0 saturated carbocycles. The van der Waals surface area contributed by atoms with Crippen molar-refractivity contribution in [3.63, 3.8) is 0 Å². The highest BCUT2D eigenvalue weighted by Gasteiger charge is 2.08.